The van der Waals surface area contributed by atoms with Gasteiger partial charge in [-0.25, -0.2) is 17.9 Å². The lowest BCUT2D eigenvalue weighted by Gasteiger charge is -2.10. The van der Waals surface area contributed by atoms with Crippen molar-refractivity contribution in [2.75, 3.05) is 12.4 Å². The highest BCUT2D eigenvalue weighted by atomic mass is 32.2. The minimum atomic E-state index is -3.88. The fraction of sp³-hybridized carbons (Fsp3) is 0.158. The molecule has 0 aliphatic carbocycles. The largest absolute Gasteiger partial charge is 0.497 e. The van der Waals surface area contributed by atoms with Crippen LogP contribution in [0, 0.1) is 0 Å². The third kappa shape index (κ3) is 4.32. The molecule has 0 aliphatic rings. The second kappa shape index (κ2) is 7.73. The molecular weight excluding hydrogens is 384 g/mol. The summed E-state index contributed by atoms with van der Waals surface area (Å²) in [6, 6.07) is 12.5. The molecule has 1 amide bonds. The van der Waals surface area contributed by atoms with Crippen molar-refractivity contribution in [3.8, 4) is 5.75 Å². The smallest absolute Gasteiger partial charge is 0.336 e. The highest BCUT2D eigenvalue weighted by Crippen LogP contribution is 2.23. The molecule has 28 heavy (non-hydrogen) atoms. The van der Waals surface area contributed by atoms with E-state index in [-0.39, 0.29) is 4.90 Å². The van der Waals surface area contributed by atoms with Crippen LogP contribution in [-0.2, 0) is 21.4 Å². The Morgan fingerprint density at radius 2 is 1.82 bits per heavy atom. The van der Waals surface area contributed by atoms with Gasteiger partial charge in [0.1, 0.15) is 11.3 Å². The number of hydrogen-bond donors (Lipinski definition) is 2. The number of carbonyl (C=O) groups excluding carboxylic acids is 1. The molecule has 3 aromatic rings. The molecular formula is C19H18N2O6S. The van der Waals surface area contributed by atoms with Crippen molar-refractivity contribution in [2.45, 2.75) is 18.4 Å². The van der Waals surface area contributed by atoms with E-state index in [9.17, 15) is 18.0 Å². The van der Waals surface area contributed by atoms with Gasteiger partial charge >= 0.3 is 5.63 Å². The van der Waals surface area contributed by atoms with Gasteiger partial charge in [-0.15, -0.1) is 0 Å². The van der Waals surface area contributed by atoms with Gasteiger partial charge in [-0.05, 0) is 42.0 Å². The summed E-state index contributed by atoms with van der Waals surface area (Å²) in [4.78, 5) is 22.8. The molecule has 0 saturated heterocycles. The third-order valence-corrected chi connectivity index (χ3v) is 5.41. The van der Waals surface area contributed by atoms with Crippen molar-refractivity contribution in [3.63, 3.8) is 0 Å². The second-order valence-corrected chi connectivity index (χ2v) is 7.67. The van der Waals surface area contributed by atoms with Crippen molar-refractivity contribution in [2.24, 2.45) is 0 Å². The predicted octanol–water partition coefficient (Wildman–Crippen LogP) is 2.24. The Hall–Kier alpha value is -3.33. The number of nitrogens with one attached hydrogen (secondary N) is 2. The van der Waals surface area contributed by atoms with E-state index in [0.29, 0.717) is 23.6 Å². The van der Waals surface area contributed by atoms with Crippen LogP contribution < -0.4 is 20.4 Å². The number of fused-ring (bicyclic) bond motifs is 1. The molecule has 1 heterocycles. The zero-order chi connectivity index (χ0) is 20.3. The molecule has 1 aromatic heterocycles. The van der Waals surface area contributed by atoms with Crippen molar-refractivity contribution in [3.05, 3.63) is 64.5 Å². The Balaban J connectivity index is 1.81. The van der Waals surface area contributed by atoms with Gasteiger partial charge in [-0.1, -0.05) is 0 Å². The van der Waals surface area contributed by atoms with Crippen LogP contribution in [0.25, 0.3) is 11.0 Å². The topological polar surface area (TPSA) is 115 Å². The number of benzene rings is 2. The van der Waals surface area contributed by atoms with Gasteiger partial charge in [-0.3, -0.25) is 4.79 Å². The first kappa shape index (κ1) is 19.4. The molecule has 2 N–H and O–H groups in total. The minimum Gasteiger partial charge on any atom is -0.497 e. The summed E-state index contributed by atoms with van der Waals surface area (Å²) in [6.07, 6.45) is 0. The van der Waals surface area contributed by atoms with E-state index in [1.165, 1.54) is 25.3 Å². The zero-order valence-electron chi connectivity index (χ0n) is 15.2. The van der Waals surface area contributed by atoms with Crippen LogP contribution in [0.2, 0.25) is 0 Å². The quantitative estimate of drug-likeness (QED) is 0.608. The summed E-state index contributed by atoms with van der Waals surface area (Å²) in [5.41, 5.74) is 1.32. The number of sulfonamides is 1. The van der Waals surface area contributed by atoms with Crippen LogP contribution in [0.3, 0.4) is 0 Å². The molecule has 146 valence electrons. The summed E-state index contributed by atoms with van der Waals surface area (Å²) in [7, 11) is -2.35. The first-order valence-corrected chi connectivity index (χ1v) is 9.75. The molecule has 9 heteroatoms. The standard InChI is InChI=1S/C19H18N2O6S/c1-12(22)21-28(24,25)16-6-3-14(4-7-16)20-11-13-9-19(23)27-18-10-15(26-2)5-8-17(13)18/h3-10,20H,11H2,1-2H3,(H,21,22). The maximum absolute atomic E-state index is 12.0. The predicted molar refractivity (Wildman–Crippen MR) is 104 cm³/mol. The van der Waals surface area contributed by atoms with Crippen LogP contribution >= 0.6 is 0 Å². The summed E-state index contributed by atoms with van der Waals surface area (Å²) < 4.78 is 36.2. The normalized spacial score (nSPS) is 11.2. The highest BCUT2D eigenvalue weighted by molar-refractivity contribution is 7.90. The molecule has 0 unspecified atom stereocenters. The fourth-order valence-corrected chi connectivity index (χ4v) is 3.67. The molecule has 3 rings (SSSR count). The molecule has 0 spiro atoms. The van der Waals surface area contributed by atoms with Crippen LogP contribution in [-0.4, -0.2) is 21.4 Å². The molecule has 2 aromatic carbocycles. The van der Waals surface area contributed by atoms with Crippen LogP contribution in [0.5, 0.6) is 5.75 Å². The van der Waals surface area contributed by atoms with Crippen LogP contribution in [0.1, 0.15) is 12.5 Å². The van der Waals surface area contributed by atoms with E-state index >= 15 is 0 Å². The number of amides is 1. The Morgan fingerprint density at radius 1 is 1.11 bits per heavy atom. The monoisotopic (exact) mass is 402 g/mol. The maximum atomic E-state index is 12.0. The fourth-order valence-electron chi connectivity index (χ4n) is 2.68. The number of methoxy groups -OCH3 is 1. The van der Waals surface area contributed by atoms with E-state index in [4.69, 9.17) is 9.15 Å². The number of rotatable bonds is 6. The summed E-state index contributed by atoms with van der Waals surface area (Å²) in [5, 5.41) is 3.90. The van der Waals surface area contributed by atoms with E-state index in [1.807, 2.05) is 4.72 Å². The van der Waals surface area contributed by atoms with E-state index < -0.39 is 21.6 Å². The molecule has 0 aliphatic heterocycles. The SMILES string of the molecule is COc1ccc2c(CNc3ccc(S(=O)(=O)NC(C)=O)cc3)cc(=O)oc2c1. The highest BCUT2D eigenvalue weighted by Gasteiger charge is 2.15. The molecule has 8 nitrogen and oxygen atoms in total. The molecule has 0 bridgehead atoms. The van der Waals surface area contributed by atoms with Gasteiger partial charge in [0.05, 0.1) is 12.0 Å². The summed E-state index contributed by atoms with van der Waals surface area (Å²) >= 11 is 0. The molecule has 0 saturated carbocycles. The summed E-state index contributed by atoms with van der Waals surface area (Å²) in [5.74, 6) is -0.0784. The third-order valence-electron chi connectivity index (χ3n) is 3.96. The van der Waals surface area contributed by atoms with Gasteiger partial charge in [-0.2, -0.15) is 0 Å². The first-order valence-electron chi connectivity index (χ1n) is 8.26. The maximum Gasteiger partial charge on any atom is 0.336 e. The average Bonchev–Trinajstić information content (AvgIpc) is 2.64. The minimum absolute atomic E-state index is 0.0221. The lowest BCUT2D eigenvalue weighted by atomic mass is 10.1. The first-order chi connectivity index (χ1) is 13.3. The van der Waals surface area contributed by atoms with E-state index in [0.717, 1.165) is 17.9 Å². The number of ether oxygens (including phenoxy) is 1. The van der Waals surface area contributed by atoms with Crippen molar-refractivity contribution < 1.29 is 22.4 Å². The Bertz CT molecular complexity index is 1180. The van der Waals surface area contributed by atoms with Crippen LogP contribution in [0.15, 0.2) is 62.6 Å². The molecule has 0 fully saturated rings. The zero-order valence-corrected chi connectivity index (χ0v) is 16.0. The van der Waals surface area contributed by atoms with Gasteiger partial charge in [0.25, 0.3) is 10.0 Å². The van der Waals surface area contributed by atoms with Gasteiger partial charge in [0, 0.05) is 36.7 Å². The lowest BCUT2D eigenvalue weighted by molar-refractivity contribution is -0.117. The summed E-state index contributed by atoms with van der Waals surface area (Å²) in [6.45, 7) is 1.45. The Labute approximate surface area is 161 Å². The van der Waals surface area contributed by atoms with Crippen molar-refractivity contribution in [1.29, 1.82) is 0 Å². The second-order valence-electron chi connectivity index (χ2n) is 5.99. The van der Waals surface area contributed by atoms with Crippen LogP contribution in [0.4, 0.5) is 5.69 Å². The average molecular weight is 402 g/mol. The lowest BCUT2D eigenvalue weighted by Crippen LogP contribution is -2.28. The molecule has 0 radical (unpaired) electrons. The van der Waals surface area contributed by atoms with E-state index in [2.05, 4.69) is 5.32 Å². The van der Waals surface area contributed by atoms with Crippen molar-refractivity contribution in [1.82, 2.24) is 4.72 Å². The van der Waals surface area contributed by atoms with Gasteiger partial charge in [0.15, 0.2) is 0 Å². The number of hydrogen-bond acceptors (Lipinski definition) is 7. The van der Waals surface area contributed by atoms with Crippen molar-refractivity contribution >= 4 is 32.6 Å². The molecule has 0 atom stereocenters. The Kier molecular flexibility index (Phi) is 5.36. The Morgan fingerprint density at radius 3 is 2.46 bits per heavy atom. The number of carbonyl (C=O) groups is 1. The van der Waals surface area contributed by atoms with E-state index in [1.54, 1.807) is 30.3 Å². The number of anilines is 1. The van der Waals surface area contributed by atoms with Gasteiger partial charge in [0.2, 0.25) is 5.91 Å². The van der Waals surface area contributed by atoms with Gasteiger partial charge < -0.3 is 14.5 Å².